The van der Waals surface area contributed by atoms with Gasteiger partial charge < -0.3 is 24.8 Å². The topological polar surface area (TPSA) is 71.0 Å². The van der Waals surface area contributed by atoms with E-state index in [-0.39, 0.29) is 17.5 Å². The number of carboxylic acid groups (broad SMARTS) is 1. The molecule has 3 rings (SSSR count). The van der Waals surface area contributed by atoms with Crippen LogP contribution >= 0.6 is 11.8 Å². The Morgan fingerprint density at radius 1 is 1.26 bits per heavy atom. The van der Waals surface area contributed by atoms with E-state index >= 15 is 0 Å². The maximum atomic E-state index is 11.5. The van der Waals surface area contributed by atoms with Gasteiger partial charge in [0, 0.05) is 11.4 Å². The summed E-state index contributed by atoms with van der Waals surface area (Å²) in [5.41, 5.74) is 2.33. The van der Waals surface area contributed by atoms with Gasteiger partial charge in [0.1, 0.15) is 23.8 Å². The molecule has 0 amide bonds. The molecule has 1 saturated heterocycles. The van der Waals surface area contributed by atoms with Crippen LogP contribution in [0.2, 0.25) is 0 Å². The van der Waals surface area contributed by atoms with Crippen LogP contribution in [-0.4, -0.2) is 54.7 Å². The third-order valence-corrected chi connectivity index (χ3v) is 6.43. The van der Waals surface area contributed by atoms with Gasteiger partial charge in [-0.3, -0.25) is 4.79 Å². The van der Waals surface area contributed by atoms with Gasteiger partial charge in [-0.2, -0.15) is 0 Å². The molecule has 7 heteroatoms. The number of carboxylic acids is 1. The highest BCUT2D eigenvalue weighted by atomic mass is 32.2. The van der Waals surface area contributed by atoms with Crippen molar-refractivity contribution in [3.8, 4) is 5.75 Å². The number of aliphatic carboxylic acids is 1. The van der Waals surface area contributed by atoms with Gasteiger partial charge in [-0.05, 0) is 62.8 Å². The summed E-state index contributed by atoms with van der Waals surface area (Å²) in [5, 5.41) is 12.3. The van der Waals surface area contributed by atoms with Crippen LogP contribution < -0.4 is 10.1 Å². The van der Waals surface area contributed by atoms with Gasteiger partial charge in [-0.25, -0.2) is 0 Å². The van der Waals surface area contributed by atoms with Gasteiger partial charge in [0.05, 0.1) is 6.10 Å². The summed E-state index contributed by atoms with van der Waals surface area (Å²) in [4.78, 5) is 14.7. The van der Waals surface area contributed by atoms with Gasteiger partial charge in [0.25, 0.3) is 0 Å². The van der Waals surface area contributed by atoms with E-state index in [0.717, 1.165) is 29.2 Å². The van der Waals surface area contributed by atoms with E-state index in [1.54, 1.807) is 18.8 Å². The molecular weight excluding hydrogens is 412 g/mol. The van der Waals surface area contributed by atoms with Crippen molar-refractivity contribution in [1.82, 2.24) is 10.2 Å². The van der Waals surface area contributed by atoms with Crippen molar-refractivity contribution in [3.05, 3.63) is 59.7 Å². The predicted octanol–water partition coefficient (Wildman–Crippen LogP) is 3.84. The fourth-order valence-electron chi connectivity index (χ4n) is 3.78. The molecule has 0 aromatic heterocycles. The first-order chi connectivity index (χ1) is 14.9. The first-order valence-corrected chi connectivity index (χ1v) is 11.4. The quantitative estimate of drug-likeness (QED) is 0.577. The largest absolute Gasteiger partial charge is 0.489 e. The number of ether oxygens (including phenoxy) is 2. The van der Waals surface area contributed by atoms with Crippen molar-refractivity contribution in [2.45, 2.75) is 49.0 Å². The first-order valence-electron chi connectivity index (χ1n) is 10.5. The molecule has 168 valence electrons. The molecule has 1 aliphatic rings. The standard InChI is InChI=1S/C24H32N2O4S/c1-16-12-21(30-23(16)22(25-2)24(27)28)31-20-7-5-6-19(13-20)29-15-18-10-8-17(9-11-18)14-26(3)4/h5-11,13,16,21-23,25H,12,14-15H2,1-4H3,(H,27,28)/t16-,21?,22?,23-/m1/s1. The molecule has 0 spiro atoms. The van der Waals surface area contributed by atoms with E-state index in [1.165, 1.54) is 5.56 Å². The Morgan fingerprint density at radius 3 is 2.61 bits per heavy atom. The first kappa shape index (κ1) is 23.6. The fraction of sp³-hybridized carbons (Fsp3) is 0.458. The molecule has 0 radical (unpaired) electrons. The van der Waals surface area contributed by atoms with Crippen molar-refractivity contribution < 1.29 is 19.4 Å². The lowest BCUT2D eigenvalue weighted by atomic mass is 9.98. The van der Waals surface area contributed by atoms with Crippen LogP contribution in [0.1, 0.15) is 24.5 Å². The summed E-state index contributed by atoms with van der Waals surface area (Å²) in [5.74, 6) is 0.0969. The third kappa shape index (κ3) is 6.71. The zero-order chi connectivity index (χ0) is 22.4. The molecular formula is C24H32N2O4S. The van der Waals surface area contributed by atoms with E-state index < -0.39 is 12.0 Å². The van der Waals surface area contributed by atoms with Crippen LogP contribution in [0.25, 0.3) is 0 Å². The van der Waals surface area contributed by atoms with E-state index in [2.05, 4.69) is 48.6 Å². The Labute approximate surface area is 188 Å². The van der Waals surface area contributed by atoms with Crippen molar-refractivity contribution >= 4 is 17.7 Å². The Kier molecular flexibility index (Phi) is 8.37. The Hall–Kier alpha value is -2.06. The smallest absolute Gasteiger partial charge is 0.323 e. The monoisotopic (exact) mass is 444 g/mol. The number of nitrogens with one attached hydrogen (secondary N) is 1. The molecule has 1 aliphatic heterocycles. The molecule has 2 aromatic rings. The number of hydrogen-bond donors (Lipinski definition) is 2. The maximum absolute atomic E-state index is 11.5. The number of benzene rings is 2. The molecule has 1 heterocycles. The molecule has 0 aliphatic carbocycles. The highest BCUT2D eigenvalue weighted by molar-refractivity contribution is 7.99. The summed E-state index contributed by atoms with van der Waals surface area (Å²) in [6.07, 6.45) is 0.473. The fourth-order valence-corrected chi connectivity index (χ4v) is 5.00. The van der Waals surface area contributed by atoms with Gasteiger partial charge in [-0.1, -0.05) is 49.0 Å². The lowest BCUT2D eigenvalue weighted by Gasteiger charge is -2.22. The highest BCUT2D eigenvalue weighted by Crippen LogP contribution is 2.38. The van der Waals surface area contributed by atoms with E-state index in [0.29, 0.717) is 6.61 Å². The number of likely N-dealkylation sites (N-methyl/N-ethyl adjacent to an activating group) is 1. The van der Waals surface area contributed by atoms with Gasteiger partial charge in [-0.15, -0.1) is 0 Å². The Balaban J connectivity index is 1.55. The minimum atomic E-state index is -0.879. The zero-order valence-electron chi connectivity index (χ0n) is 18.6. The summed E-state index contributed by atoms with van der Waals surface area (Å²) in [6, 6.07) is 15.7. The average Bonchev–Trinajstić information content (AvgIpc) is 3.07. The molecule has 0 bridgehead atoms. The number of rotatable bonds is 10. The summed E-state index contributed by atoms with van der Waals surface area (Å²) in [7, 11) is 5.78. The predicted molar refractivity (Wildman–Crippen MR) is 123 cm³/mol. The molecule has 2 unspecified atom stereocenters. The molecule has 1 fully saturated rings. The minimum absolute atomic E-state index is 0.0744. The number of hydrogen-bond acceptors (Lipinski definition) is 6. The molecule has 0 saturated carbocycles. The zero-order valence-corrected chi connectivity index (χ0v) is 19.4. The van der Waals surface area contributed by atoms with Gasteiger partial charge >= 0.3 is 5.97 Å². The van der Waals surface area contributed by atoms with Crippen LogP contribution in [0, 0.1) is 5.92 Å². The normalized spacial score (nSPS) is 21.9. The summed E-state index contributed by atoms with van der Waals surface area (Å²) >= 11 is 1.61. The molecule has 2 N–H and O–H groups in total. The third-order valence-electron chi connectivity index (χ3n) is 5.34. The van der Waals surface area contributed by atoms with Gasteiger partial charge in [0.2, 0.25) is 0 Å². The van der Waals surface area contributed by atoms with Crippen LogP contribution in [0.15, 0.2) is 53.4 Å². The lowest BCUT2D eigenvalue weighted by molar-refractivity contribution is -0.143. The Bertz CT molecular complexity index is 859. The molecule has 6 nitrogen and oxygen atoms in total. The highest BCUT2D eigenvalue weighted by Gasteiger charge is 2.40. The van der Waals surface area contributed by atoms with Crippen LogP contribution in [0.4, 0.5) is 0 Å². The lowest BCUT2D eigenvalue weighted by Crippen LogP contribution is -2.46. The van der Waals surface area contributed by atoms with Crippen molar-refractivity contribution in [3.63, 3.8) is 0 Å². The van der Waals surface area contributed by atoms with Crippen molar-refractivity contribution in [2.75, 3.05) is 21.1 Å². The summed E-state index contributed by atoms with van der Waals surface area (Å²) in [6.45, 7) is 3.48. The average molecular weight is 445 g/mol. The number of thioether (sulfide) groups is 1. The van der Waals surface area contributed by atoms with Gasteiger partial charge in [0.15, 0.2) is 0 Å². The SMILES string of the molecule is CNC(C(=O)O)[C@@H]1OC(Sc2cccc(OCc3ccc(CN(C)C)cc3)c2)C[C@H]1C. The maximum Gasteiger partial charge on any atom is 0.323 e. The van der Waals surface area contributed by atoms with E-state index in [1.807, 2.05) is 31.2 Å². The second-order valence-electron chi connectivity index (χ2n) is 8.28. The van der Waals surface area contributed by atoms with E-state index in [4.69, 9.17) is 9.47 Å². The molecule has 4 atom stereocenters. The second kappa shape index (κ2) is 11.0. The van der Waals surface area contributed by atoms with E-state index in [9.17, 15) is 9.90 Å². The van der Waals surface area contributed by atoms with Crippen LogP contribution in [0.5, 0.6) is 5.75 Å². The summed E-state index contributed by atoms with van der Waals surface area (Å²) < 4.78 is 12.1. The van der Waals surface area contributed by atoms with Crippen LogP contribution in [0.3, 0.4) is 0 Å². The van der Waals surface area contributed by atoms with Crippen molar-refractivity contribution in [1.29, 1.82) is 0 Å². The molecule has 31 heavy (non-hydrogen) atoms. The van der Waals surface area contributed by atoms with Crippen molar-refractivity contribution in [2.24, 2.45) is 5.92 Å². The number of nitrogens with zero attached hydrogens (tertiary/aromatic N) is 1. The molecule has 2 aromatic carbocycles. The van der Waals surface area contributed by atoms with Crippen LogP contribution in [-0.2, 0) is 22.7 Å². The minimum Gasteiger partial charge on any atom is -0.489 e. The second-order valence-corrected chi connectivity index (χ2v) is 9.52. The number of carbonyl (C=O) groups is 1. The Morgan fingerprint density at radius 2 is 1.97 bits per heavy atom.